The highest BCUT2D eigenvalue weighted by Crippen LogP contribution is 2.36. The summed E-state index contributed by atoms with van der Waals surface area (Å²) in [6.45, 7) is 6.49. The summed E-state index contributed by atoms with van der Waals surface area (Å²) in [6.07, 6.45) is 2.55. The highest BCUT2D eigenvalue weighted by atomic mass is 35.5. The number of aliphatic imine (C=N–C) groups is 1. The lowest BCUT2D eigenvalue weighted by molar-refractivity contribution is 0.101. The lowest BCUT2D eigenvalue weighted by Crippen LogP contribution is -2.20. The van der Waals surface area contributed by atoms with Crippen molar-refractivity contribution in [2.75, 3.05) is 7.05 Å². The third-order valence-electron chi connectivity index (χ3n) is 4.28. The lowest BCUT2D eigenvalue weighted by Gasteiger charge is -2.17. The van der Waals surface area contributed by atoms with E-state index in [0.29, 0.717) is 38.7 Å². The van der Waals surface area contributed by atoms with Gasteiger partial charge in [-0.3, -0.25) is 9.79 Å². The Bertz CT molecular complexity index is 1080. The van der Waals surface area contributed by atoms with Crippen LogP contribution in [0.4, 0.5) is 4.39 Å². The monoisotopic (exact) mass is 446 g/mol. The second-order valence-corrected chi connectivity index (χ2v) is 7.33. The topological polar surface area (TPSA) is 61.7 Å². The Morgan fingerprint density at radius 2 is 1.93 bits per heavy atom. The predicted octanol–water partition coefficient (Wildman–Crippen LogP) is 6.66. The molecule has 0 aliphatic heterocycles. The molecule has 4 nitrogen and oxygen atoms in total. The number of ketones is 1. The van der Waals surface area contributed by atoms with Crippen LogP contribution in [-0.4, -0.2) is 23.8 Å². The zero-order valence-electron chi connectivity index (χ0n) is 16.8. The molecule has 0 atom stereocenters. The molecule has 7 heteroatoms. The first-order valence-corrected chi connectivity index (χ1v) is 9.67. The Labute approximate surface area is 185 Å². The van der Waals surface area contributed by atoms with Gasteiger partial charge in [-0.25, -0.2) is 4.39 Å². The molecule has 2 aromatic rings. The number of Topliss-reactive ketones (excluding diaryl/α,β-unsaturated/α-hetero) is 1. The van der Waals surface area contributed by atoms with E-state index in [2.05, 4.69) is 16.9 Å². The van der Waals surface area contributed by atoms with Gasteiger partial charge in [-0.2, -0.15) is 0 Å². The lowest BCUT2D eigenvalue weighted by atomic mass is 9.92. The average Bonchev–Trinajstić information content (AvgIpc) is 2.70. The van der Waals surface area contributed by atoms with E-state index in [1.807, 2.05) is 0 Å². The summed E-state index contributed by atoms with van der Waals surface area (Å²) in [5.41, 5.74) is 2.56. The smallest absolute Gasteiger partial charge is 0.159 e. The number of nitrogens with one attached hydrogen (secondary N) is 1. The Morgan fingerprint density at radius 3 is 2.50 bits per heavy atom. The van der Waals surface area contributed by atoms with Gasteiger partial charge < -0.3 is 10.4 Å². The first-order valence-electron chi connectivity index (χ1n) is 8.91. The first-order chi connectivity index (χ1) is 14.2. The molecule has 2 aromatic carbocycles. The number of nitrogens with zero attached hydrogens (tertiary/aromatic N) is 1. The van der Waals surface area contributed by atoms with Gasteiger partial charge in [-0.05, 0) is 37.6 Å². The van der Waals surface area contributed by atoms with Gasteiger partial charge >= 0.3 is 0 Å². The number of carbonyl (C=O) groups is 1. The molecule has 0 aliphatic rings. The van der Waals surface area contributed by atoms with Crippen molar-refractivity contribution in [3.05, 3.63) is 87.8 Å². The summed E-state index contributed by atoms with van der Waals surface area (Å²) in [7, 11) is 1.57. The number of aliphatic hydroxyl groups excluding tert-OH is 1. The number of carbonyl (C=O) groups excluding carboxylic acids is 1. The SMILES string of the molecule is C=C(O)c1cc(C(C)=O)ccc1-c1c(Cl)cccc1C(=NC)N/C=C/C(F)=C(\C)Cl. The van der Waals surface area contributed by atoms with Crippen LogP contribution in [0.5, 0.6) is 0 Å². The number of halogens is 3. The third kappa shape index (κ3) is 5.38. The van der Waals surface area contributed by atoms with E-state index in [-0.39, 0.29) is 16.6 Å². The van der Waals surface area contributed by atoms with Gasteiger partial charge in [0.25, 0.3) is 0 Å². The number of rotatable bonds is 6. The van der Waals surface area contributed by atoms with Crippen LogP contribution in [0.15, 0.2) is 71.1 Å². The number of hydrogen-bond donors (Lipinski definition) is 2. The molecular weight excluding hydrogens is 426 g/mol. The zero-order chi connectivity index (χ0) is 22.4. The summed E-state index contributed by atoms with van der Waals surface area (Å²) < 4.78 is 13.6. The van der Waals surface area contributed by atoms with Crippen LogP contribution in [0.1, 0.15) is 35.3 Å². The van der Waals surface area contributed by atoms with Crippen molar-refractivity contribution < 1.29 is 14.3 Å². The molecular formula is C23H21Cl2FN2O2. The van der Waals surface area contributed by atoms with Crippen molar-refractivity contribution in [2.24, 2.45) is 4.99 Å². The largest absolute Gasteiger partial charge is 0.508 e. The standard InChI is InChI=1S/C23H21Cl2FN2O2/c1-13(24)21(26)10-11-28-23(27-4)18-6-5-7-20(25)22(18)17-9-8-16(14(2)29)12-19(17)15(3)30/h5-12,30H,3H2,1-2,4H3,(H,27,28)/b11-10+,21-13-. The van der Waals surface area contributed by atoms with Gasteiger partial charge in [0.2, 0.25) is 0 Å². The van der Waals surface area contributed by atoms with Gasteiger partial charge in [-0.15, -0.1) is 0 Å². The van der Waals surface area contributed by atoms with Gasteiger partial charge in [0, 0.05) is 40.5 Å². The molecule has 30 heavy (non-hydrogen) atoms. The van der Waals surface area contributed by atoms with E-state index in [9.17, 15) is 14.3 Å². The molecule has 2 N–H and O–H groups in total. The molecule has 156 valence electrons. The minimum absolute atomic E-state index is 0.0307. The number of hydrogen-bond acceptors (Lipinski definition) is 3. The third-order valence-corrected chi connectivity index (χ3v) is 4.77. The van der Waals surface area contributed by atoms with E-state index >= 15 is 0 Å². The first kappa shape index (κ1) is 23.4. The summed E-state index contributed by atoms with van der Waals surface area (Å²) in [6, 6.07) is 10.1. The van der Waals surface area contributed by atoms with Gasteiger partial charge in [-0.1, -0.05) is 54.0 Å². The van der Waals surface area contributed by atoms with Crippen molar-refractivity contribution in [3.8, 4) is 11.1 Å². The van der Waals surface area contributed by atoms with Crippen molar-refractivity contribution >= 4 is 40.6 Å². The molecule has 0 aliphatic carbocycles. The van der Waals surface area contributed by atoms with Crippen LogP contribution >= 0.6 is 23.2 Å². The number of allylic oxidation sites excluding steroid dienone is 3. The second kappa shape index (κ2) is 10.2. The molecule has 0 heterocycles. The number of aliphatic hydroxyl groups is 1. The van der Waals surface area contributed by atoms with Crippen LogP contribution < -0.4 is 5.32 Å². The molecule has 0 bridgehead atoms. The van der Waals surface area contributed by atoms with Crippen LogP contribution in [-0.2, 0) is 0 Å². The summed E-state index contributed by atoms with van der Waals surface area (Å²) >= 11 is 12.1. The Morgan fingerprint density at radius 1 is 1.23 bits per heavy atom. The molecule has 0 fully saturated rings. The maximum absolute atomic E-state index is 13.6. The van der Waals surface area contributed by atoms with Gasteiger partial charge in [0.1, 0.15) is 17.4 Å². The highest BCUT2D eigenvalue weighted by Gasteiger charge is 2.18. The average molecular weight is 447 g/mol. The van der Waals surface area contributed by atoms with Crippen LogP contribution in [0.25, 0.3) is 16.9 Å². The molecule has 2 rings (SSSR count). The Kier molecular flexibility index (Phi) is 7.98. The van der Waals surface area contributed by atoms with Crippen LogP contribution in [0.2, 0.25) is 5.02 Å². The fourth-order valence-electron chi connectivity index (χ4n) is 2.79. The van der Waals surface area contributed by atoms with Gasteiger partial charge in [0.15, 0.2) is 5.78 Å². The van der Waals surface area contributed by atoms with E-state index < -0.39 is 5.83 Å². The number of benzene rings is 2. The molecule has 0 radical (unpaired) electrons. The normalized spacial score (nSPS) is 12.7. The minimum Gasteiger partial charge on any atom is -0.508 e. The maximum atomic E-state index is 13.6. The fraction of sp³-hybridized carbons (Fsp3) is 0.130. The molecule has 0 saturated carbocycles. The zero-order valence-corrected chi connectivity index (χ0v) is 18.3. The van der Waals surface area contributed by atoms with Crippen molar-refractivity contribution in [1.29, 1.82) is 0 Å². The Balaban J connectivity index is 2.63. The van der Waals surface area contributed by atoms with Crippen molar-refractivity contribution in [3.63, 3.8) is 0 Å². The molecule has 0 spiro atoms. The molecule has 0 aromatic heterocycles. The van der Waals surface area contributed by atoms with Gasteiger partial charge in [0.05, 0.1) is 5.03 Å². The molecule has 0 saturated heterocycles. The van der Waals surface area contributed by atoms with Crippen molar-refractivity contribution in [2.45, 2.75) is 13.8 Å². The van der Waals surface area contributed by atoms with Crippen LogP contribution in [0, 0.1) is 0 Å². The summed E-state index contributed by atoms with van der Waals surface area (Å²) in [5.74, 6) is -0.513. The summed E-state index contributed by atoms with van der Waals surface area (Å²) in [5, 5.41) is 13.5. The maximum Gasteiger partial charge on any atom is 0.159 e. The minimum atomic E-state index is -0.579. The number of amidine groups is 1. The van der Waals surface area contributed by atoms with E-state index in [1.54, 1.807) is 43.4 Å². The van der Waals surface area contributed by atoms with Crippen LogP contribution in [0.3, 0.4) is 0 Å². The highest BCUT2D eigenvalue weighted by molar-refractivity contribution is 6.34. The Hall–Kier alpha value is -2.89. The summed E-state index contributed by atoms with van der Waals surface area (Å²) in [4.78, 5) is 16.0. The van der Waals surface area contributed by atoms with E-state index in [1.165, 1.54) is 26.1 Å². The van der Waals surface area contributed by atoms with E-state index in [0.717, 1.165) is 0 Å². The van der Waals surface area contributed by atoms with E-state index in [4.69, 9.17) is 23.2 Å². The molecule has 0 unspecified atom stereocenters. The quantitative estimate of drug-likeness (QED) is 0.171. The molecule has 0 amide bonds. The fourth-order valence-corrected chi connectivity index (χ4v) is 3.13. The van der Waals surface area contributed by atoms with Crippen molar-refractivity contribution in [1.82, 2.24) is 5.32 Å². The second-order valence-electron chi connectivity index (χ2n) is 6.36. The predicted molar refractivity (Wildman–Crippen MR) is 123 cm³/mol.